The summed E-state index contributed by atoms with van der Waals surface area (Å²) >= 11 is 7.11. The van der Waals surface area contributed by atoms with Gasteiger partial charge in [-0.1, -0.05) is 29.5 Å². The molecule has 1 heterocycles. The maximum Gasteiger partial charge on any atom is 0.211 e. The third-order valence-corrected chi connectivity index (χ3v) is 7.46. The second-order valence-corrected chi connectivity index (χ2v) is 9.44. The fourth-order valence-corrected chi connectivity index (χ4v) is 6.89. The largest absolute Gasteiger partial charge is 0.332 e. The highest BCUT2D eigenvalue weighted by molar-refractivity contribution is 7.80. The number of para-hydroxylation sites is 1. The molecule has 0 atom stereocenters. The summed E-state index contributed by atoms with van der Waals surface area (Å²) in [7, 11) is 0. The Morgan fingerprint density at radius 3 is 2.24 bits per heavy atom. The first-order chi connectivity index (χ1) is 12.2. The Morgan fingerprint density at radius 2 is 1.60 bits per heavy atom. The molecule has 4 fully saturated rings. The molecular weight excluding hydrogens is 348 g/mol. The van der Waals surface area contributed by atoms with Crippen LogP contribution in [0.5, 0.6) is 0 Å². The van der Waals surface area contributed by atoms with Gasteiger partial charge in [-0.15, -0.1) is 10.2 Å². The van der Waals surface area contributed by atoms with Crippen molar-refractivity contribution in [1.82, 2.24) is 10.2 Å². The van der Waals surface area contributed by atoms with Crippen molar-refractivity contribution in [3.8, 4) is 0 Å². The van der Waals surface area contributed by atoms with Gasteiger partial charge in [0.1, 0.15) is 5.01 Å². The molecule has 4 bridgehead atoms. The first-order valence-corrected chi connectivity index (χ1v) is 10.4. The highest BCUT2D eigenvalue weighted by Gasteiger charge is 2.53. The summed E-state index contributed by atoms with van der Waals surface area (Å²) in [4.78, 5) is 0. The molecule has 6 heteroatoms. The van der Waals surface area contributed by atoms with Crippen molar-refractivity contribution in [3.63, 3.8) is 0 Å². The SMILES string of the molecule is S=C(Nc1ccccc1)Nc1nnc(C23CC4CC(CC(C4)C2)C3)s1. The van der Waals surface area contributed by atoms with Gasteiger partial charge in [0.15, 0.2) is 5.11 Å². The molecule has 0 amide bonds. The first kappa shape index (κ1) is 15.7. The lowest BCUT2D eigenvalue weighted by Crippen LogP contribution is -2.48. The Bertz CT molecular complexity index is 750. The van der Waals surface area contributed by atoms with Crippen LogP contribution in [0.25, 0.3) is 0 Å². The summed E-state index contributed by atoms with van der Waals surface area (Å²) in [6, 6.07) is 9.95. The van der Waals surface area contributed by atoms with Gasteiger partial charge < -0.3 is 10.6 Å². The number of nitrogens with zero attached hydrogens (tertiary/aromatic N) is 2. The molecule has 4 aliphatic rings. The number of hydrogen-bond acceptors (Lipinski definition) is 4. The number of nitrogens with one attached hydrogen (secondary N) is 2. The monoisotopic (exact) mass is 370 g/mol. The van der Waals surface area contributed by atoms with E-state index in [1.807, 2.05) is 30.3 Å². The van der Waals surface area contributed by atoms with Crippen LogP contribution >= 0.6 is 23.6 Å². The highest BCUT2D eigenvalue weighted by Crippen LogP contribution is 2.61. The molecule has 25 heavy (non-hydrogen) atoms. The topological polar surface area (TPSA) is 49.8 Å². The zero-order valence-electron chi connectivity index (χ0n) is 14.1. The molecular formula is C19H22N4S2. The molecule has 0 aliphatic heterocycles. The Hall–Kier alpha value is -1.53. The summed E-state index contributed by atoms with van der Waals surface area (Å²) in [5.74, 6) is 2.77. The minimum absolute atomic E-state index is 0.306. The van der Waals surface area contributed by atoms with E-state index in [2.05, 4.69) is 20.8 Å². The molecule has 0 unspecified atom stereocenters. The van der Waals surface area contributed by atoms with Gasteiger partial charge in [-0.25, -0.2) is 0 Å². The molecule has 2 aromatic rings. The van der Waals surface area contributed by atoms with E-state index in [-0.39, 0.29) is 0 Å². The van der Waals surface area contributed by atoms with E-state index in [4.69, 9.17) is 12.2 Å². The third kappa shape index (κ3) is 2.95. The Labute approximate surface area is 157 Å². The second-order valence-electron chi connectivity index (χ2n) is 8.06. The van der Waals surface area contributed by atoms with Crippen LogP contribution in [-0.2, 0) is 5.41 Å². The Kier molecular flexibility index (Phi) is 3.78. The predicted molar refractivity (Wildman–Crippen MR) is 106 cm³/mol. The van der Waals surface area contributed by atoms with E-state index < -0.39 is 0 Å². The number of hydrogen-bond donors (Lipinski definition) is 2. The third-order valence-electron chi connectivity index (χ3n) is 6.17. The summed E-state index contributed by atoms with van der Waals surface area (Å²) in [5, 5.41) is 18.0. The van der Waals surface area contributed by atoms with Gasteiger partial charge in [-0.05, 0) is 80.6 Å². The van der Waals surface area contributed by atoms with Crippen LogP contribution in [0.15, 0.2) is 30.3 Å². The van der Waals surface area contributed by atoms with Gasteiger partial charge in [-0.3, -0.25) is 0 Å². The average Bonchev–Trinajstić information content (AvgIpc) is 3.04. The molecule has 1 aromatic carbocycles. The van der Waals surface area contributed by atoms with E-state index in [0.717, 1.165) is 28.6 Å². The summed E-state index contributed by atoms with van der Waals surface area (Å²) in [5.41, 5.74) is 1.28. The number of aromatic nitrogens is 2. The normalized spacial score (nSPS) is 32.6. The molecule has 0 spiro atoms. The van der Waals surface area contributed by atoms with E-state index in [1.165, 1.54) is 43.5 Å². The van der Waals surface area contributed by atoms with E-state index >= 15 is 0 Å². The molecule has 6 rings (SSSR count). The minimum Gasteiger partial charge on any atom is -0.332 e. The summed E-state index contributed by atoms with van der Waals surface area (Å²) in [6.45, 7) is 0. The number of benzene rings is 1. The second kappa shape index (κ2) is 6.02. The quantitative estimate of drug-likeness (QED) is 0.759. The number of anilines is 2. The lowest BCUT2D eigenvalue weighted by atomic mass is 9.50. The lowest BCUT2D eigenvalue weighted by Gasteiger charge is -2.55. The van der Waals surface area contributed by atoms with Gasteiger partial charge in [0, 0.05) is 11.1 Å². The summed E-state index contributed by atoms with van der Waals surface area (Å²) < 4.78 is 0. The van der Waals surface area contributed by atoms with Crippen molar-refractivity contribution in [2.24, 2.45) is 17.8 Å². The van der Waals surface area contributed by atoms with Gasteiger partial charge in [-0.2, -0.15) is 0 Å². The van der Waals surface area contributed by atoms with Gasteiger partial charge in [0.25, 0.3) is 0 Å². The zero-order chi connectivity index (χ0) is 16.9. The lowest BCUT2D eigenvalue weighted by molar-refractivity contribution is -0.00555. The fourth-order valence-electron chi connectivity index (χ4n) is 5.64. The minimum atomic E-state index is 0.306. The van der Waals surface area contributed by atoms with Crippen LogP contribution in [0.2, 0.25) is 0 Å². The van der Waals surface area contributed by atoms with Crippen LogP contribution in [0.3, 0.4) is 0 Å². The summed E-state index contributed by atoms with van der Waals surface area (Å²) in [6.07, 6.45) is 8.32. The Balaban J connectivity index is 1.30. The van der Waals surface area contributed by atoms with Crippen LogP contribution in [0, 0.1) is 17.8 Å². The molecule has 1 aromatic heterocycles. The first-order valence-electron chi connectivity index (χ1n) is 9.16. The maximum absolute atomic E-state index is 5.41. The Morgan fingerprint density at radius 1 is 0.960 bits per heavy atom. The smallest absolute Gasteiger partial charge is 0.211 e. The van der Waals surface area contributed by atoms with Crippen molar-refractivity contribution >= 4 is 39.5 Å². The van der Waals surface area contributed by atoms with Crippen LogP contribution < -0.4 is 10.6 Å². The van der Waals surface area contributed by atoms with Crippen molar-refractivity contribution < 1.29 is 0 Å². The van der Waals surface area contributed by atoms with Crippen LogP contribution in [-0.4, -0.2) is 15.3 Å². The molecule has 4 aliphatic carbocycles. The van der Waals surface area contributed by atoms with E-state index in [0.29, 0.717) is 10.5 Å². The van der Waals surface area contributed by atoms with Crippen LogP contribution in [0.1, 0.15) is 43.5 Å². The van der Waals surface area contributed by atoms with E-state index in [9.17, 15) is 0 Å². The fraction of sp³-hybridized carbons (Fsp3) is 0.526. The maximum atomic E-state index is 5.41. The van der Waals surface area contributed by atoms with Gasteiger partial charge in [0.2, 0.25) is 5.13 Å². The number of thiocarbonyl (C=S) groups is 1. The average molecular weight is 371 g/mol. The highest BCUT2D eigenvalue weighted by atomic mass is 32.1. The molecule has 0 radical (unpaired) electrons. The number of rotatable bonds is 3. The van der Waals surface area contributed by atoms with Crippen molar-refractivity contribution in [2.75, 3.05) is 10.6 Å². The van der Waals surface area contributed by atoms with Crippen LogP contribution in [0.4, 0.5) is 10.8 Å². The predicted octanol–water partition coefficient (Wildman–Crippen LogP) is 4.81. The van der Waals surface area contributed by atoms with Crippen molar-refractivity contribution in [2.45, 2.75) is 43.9 Å². The van der Waals surface area contributed by atoms with Crippen molar-refractivity contribution in [1.29, 1.82) is 0 Å². The zero-order valence-corrected chi connectivity index (χ0v) is 15.7. The van der Waals surface area contributed by atoms with Gasteiger partial charge >= 0.3 is 0 Å². The van der Waals surface area contributed by atoms with E-state index in [1.54, 1.807) is 11.3 Å². The molecule has 4 nitrogen and oxygen atoms in total. The molecule has 130 valence electrons. The van der Waals surface area contributed by atoms with Crippen molar-refractivity contribution in [3.05, 3.63) is 35.3 Å². The molecule has 2 N–H and O–H groups in total. The molecule has 4 saturated carbocycles. The van der Waals surface area contributed by atoms with Gasteiger partial charge in [0.05, 0.1) is 0 Å². The molecule has 0 saturated heterocycles. The standard InChI is InChI=1S/C19H22N4S2/c24-17(20-15-4-2-1-3-5-15)21-18-23-22-16(25-18)19-9-12-6-13(10-19)8-14(7-12)11-19/h1-5,12-14H,6-11H2,(H2,20,21,23,24).